The van der Waals surface area contributed by atoms with Gasteiger partial charge >= 0.3 is 0 Å². The molecule has 0 bridgehead atoms. The van der Waals surface area contributed by atoms with Gasteiger partial charge in [-0.15, -0.1) is 0 Å². The molecule has 0 aromatic heterocycles. The Morgan fingerprint density at radius 1 is 1.56 bits per heavy atom. The van der Waals surface area contributed by atoms with E-state index in [1.165, 1.54) is 0 Å². The summed E-state index contributed by atoms with van der Waals surface area (Å²) < 4.78 is 0. The lowest BCUT2D eigenvalue weighted by Gasteiger charge is -2.26. The Kier molecular flexibility index (Phi) is 4.19. The van der Waals surface area contributed by atoms with Crippen LogP contribution in [0.5, 0.6) is 0 Å². The Hall–Kier alpha value is -1.57. The average molecular weight is 245 g/mol. The van der Waals surface area contributed by atoms with Crippen molar-refractivity contribution in [1.29, 1.82) is 5.26 Å². The van der Waals surface area contributed by atoms with Gasteiger partial charge < -0.3 is 15.3 Å². The zero-order valence-electron chi connectivity index (χ0n) is 10.7. The third kappa shape index (κ3) is 2.47. The summed E-state index contributed by atoms with van der Waals surface area (Å²) in [5, 5.41) is 21.7. The first-order valence-electron chi connectivity index (χ1n) is 6.35. The van der Waals surface area contributed by atoms with Crippen molar-refractivity contribution in [2.24, 2.45) is 0 Å². The van der Waals surface area contributed by atoms with Crippen LogP contribution in [-0.4, -0.2) is 31.3 Å². The molecule has 2 N–H and O–H groups in total. The molecule has 1 fully saturated rings. The van der Waals surface area contributed by atoms with E-state index in [4.69, 9.17) is 0 Å². The number of nitriles is 1. The minimum absolute atomic E-state index is 0.156. The van der Waals surface area contributed by atoms with Gasteiger partial charge in [-0.2, -0.15) is 5.26 Å². The first kappa shape index (κ1) is 12.9. The molecule has 1 aromatic carbocycles. The Morgan fingerprint density at radius 2 is 2.39 bits per heavy atom. The van der Waals surface area contributed by atoms with Crippen molar-refractivity contribution < 1.29 is 5.11 Å². The molecule has 1 aliphatic heterocycles. The molecular weight excluding hydrogens is 226 g/mol. The Bertz CT molecular complexity index is 453. The highest BCUT2D eigenvalue weighted by Crippen LogP contribution is 2.29. The van der Waals surface area contributed by atoms with Crippen LogP contribution in [0.2, 0.25) is 0 Å². The molecule has 0 amide bonds. The normalized spacial score (nSPS) is 18.9. The fourth-order valence-corrected chi connectivity index (χ4v) is 2.58. The number of nitrogens with zero attached hydrogens (tertiary/aromatic N) is 2. The lowest BCUT2D eigenvalue weighted by Crippen LogP contribution is -2.32. The molecular formula is C14H19N3O. The summed E-state index contributed by atoms with van der Waals surface area (Å²) in [5.41, 5.74) is 2.76. The van der Waals surface area contributed by atoms with Crippen LogP contribution in [0.25, 0.3) is 0 Å². The molecule has 4 nitrogen and oxygen atoms in total. The molecule has 0 radical (unpaired) electrons. The number of hydrogen-bond acceptors (Lipinski definition) is 4. The number of nitrogens with one attached hydrogen (secondary N) is 1. The molecule has 0 saturated carbocycles. The van der Waals surface area contributed by atoms with E-state index >= 15 is 0 Å². The van der Waals surface area contributed by atoms with Crippen LogP contribution in [0.4, 0.5) is 5.69 Å². The van der Waals surface area contributed by atoms with E-state index < -0.39 is 0 Å². The Labute approximate surface area is 108 Å². The van der Waals surface area contributed by atoms with Crippen molar-refractivity contribution in [2.75, 3.05) is 25.1 Å². The van der Waals surface area contributed by atoms with Crippen molar-refractivity contribution in [2.45, 2.75) is 25.4 Å². The van der Waals surface area contributed by atoms with Gasteiger partial charge in [-0.1, -0.05) is 6.07 Å². The summed E-state index contributed by atoms with van der Waals surface area (Å²) in [5.74, 6) is 0. The third-order valence-corrected chi connectivity index (χ3v) is 3.46. The van der Waals surface area contributed by atoms with Crippen LogP contribution < -0.4 is 10.2 Å². The van der Waals surface area contributed by atoms with Gasteiger partial charge in [0.1, 0.15) is 6.07 Å². The summed E-state index contributed by atoms with van der Waals surface area (Å²) in [4.78, 5) is 2.15. The molecule has 0 aliphatic carbocycles. The van der Waals surface area contributed by atoms with Crippen LogP contribution in [0.15, 0.2) is 18.2 Å². The number of rotatable bonds is 4. The minimum Gasteiger partial charge on any atom is -0.394 e. The van der Waals surface area contributed by atoms with E-state index in [1.54, 1.807) is 0 Å². The highest BCUT2D eigenvalue weighted by Gasteiger charge is 2.25. The maximum Gasteiger partial charge on any atom is 0.101 e. The summed E-state index contributed by atoms with van der Waals surface area (Å²) in [6, 6.07) is 8.39. The van der Waals surface area contributed by atoms with Gasteiger partial charge in [0.15, 0.2) is 0 Å². The largest absolute Gasteiger partial charge is 0.394 e. The highest BCUT2D eigenvalue weighted by atomic mass is 16.3. The fraction of sp³-hybridized carbons (Fsp3) is 0.500. The van der Waals surface area contributed by atoms with Gasteiger partial charge in [-0.3, -0.25) is 0 Å². The van der Waals surface area contributed by atoms with Crippen molar-refractivity contribution in [3.63, 3.8) is 0 Å². The van der Waals surface area contributed by atoms with Crippen LogP contribution in [0.3, 0.4) is 0 Å². The van der Waals surface area contributed by atoms with Crippen LogP contribution in [0, 0.1) is 11.3 Å². The van der Waals surface area contributed by atoms with E-state index in [0.29, 0.717) is 5.56 Å². The number of hydrogen-bond donors (Lipinski definition) is 2. The molecule has 2 rings (SSSR count). The highest BCUT2D eigenvalue weighted by molar-refractivity contribution is 5.61. The number of benzene rings is 1. The summed E-state index contributed by atoms with van der Waals surface area (Å²) in [7, 11) is 1.89. The monoisotopic (exact) mass is 245 g/mol. The van der Waals surface area contributed by atoms with Crippen LogP contribution in [0.1, 0.15) is 24.0 Å². The lowest BCUT2D eigenvalue weighted by molar-refractivity contribution is 0.266. The van der Waals surface area contributed by atoms with E-state index in [9.17, 15) is 10.4 Å². The predicted molar refractivity (Wildman–Crippen MR) is 71.4 cm³/mol. The SMILES string of the molecule is CNCc1ccc(N2CCCC2CO)c(C#N)c1. The zero-order valence-corrected chi connectivity index (χ0v) is 10.7. The molecule has 18 heavy (non-hydrogen) atoms. The van der Waals surface area contributed by atoms with E-state index in [0.717, 1.165) is 37.2 Å². The van der Waals surface area contributed by atoms with E-state index in [2.05, 4.69) is 16.3 Å². The lowest BCUT2D eigenvalue weighted by atomic mass is 10.1. The first-order valence-corrected chi connectivity index (χ1v) is 6.35. The maximum atomic E-state index is 9.37. The fourth-order valence-electron chi connectivity index (χ4n) is 2.58. The molecule has 1 aliphatic rings. The molecule has 1 heterocycles. The first-order chi connectivity index (χ1) is 8.80. The summed E-state index contributed by atoms with van der Waals surface area (Å²) in [6.07, 6.45) is 2.08. The van der Waals surface area contributed by atoms with Gasteiger partial charge in [-0.05, 0) is 37.6 Å². The van der Waals surface area contributed by atoms with Crippen molar-refractivity contribution in [3.8, 4) is 6.07 Å². The van der Waals surface area contributed by atoms with Gasteiger partial charge in [0.25, 0.3) is 0 Å². The van der Waals surface area contributed by atoms with Gasteiger partial charge in [0.05, 0.1) is 23.9 Å². The van der Waals surface area contributed by atoms with Crippen molar-refractivity contribution in [3.05, 3.63) is 29.3 Å². The topological polar surface area (TPSA) is 59.3 Å². The quantitative estimate of drug-likeness (QED) is 0.838. The minimum atomic E-state index is 0.156. The summed E-state index contributed by atoms with van der Waals surface area (Å²) >= 11 is 0. The second-order valence-corrected chi connectivity index (χ2v) is 4.67. The predicted octanol–water partition coefficient (Wildman–Crippen LogP) is 1.24. The van der Waals surface area contributed by atoms with Crippen molar-refractivity contribution >= 4 is 5.69 Å². The third-order valence-electron chi connectivity index (χ3n) is 3.46. The average Bonchev–Trinajstić information content (AvgIpc) is 2.87. The number of aliphatic hydroxyl groups is 1. The van der Waals surface area contributed by atoms with E-state index in [-0.39, 0.29) is 12.6 Å². The molecule has 96 valence electrons. The Morgan fingerprint density at radius 3 is 3.06 bits per heavy atom. The molecule has 0 spiro atoms. The molecule has 4 heteroatoms. The second-order valence-electron chi connectivity index (χ2n) is 4.67. The number of aliphatic hydroxyl groups excluding tert-OH is 1. The standard InChI is InChI=1S/C14H19N3O/c1-16-9-11-4-5-14(12(7-11)8-15)17-6-2-3-13(17)10-18/h4-5,7,13,16,18H,2-3,6,9-10H2,1H3. The van der Waals surface area contributed by atoms with E-state index in [1.807, 2.05) is 25.2 Å². The summed E-state index contributed by atoms with van der Waals surface area (Å²) in [6.45, 7) is 1.84. The molecule has 1 atom stereocenters. The molecule has 1 saturated heterocycles. The molecule has 1 aromatic rings. The van der Waals surface area contributed by atoms with Crippen LogP contribution in [-0.2, 0) is 6.54 Å². The maximum absolute atomic E-state index is 9.37. The zero-order chi connectivity index (χ0) is 13.0. The second kappa shape index (κ2) is 5.85. The molecule has 1 unspecified atom stereocenters. The van der Waals surface area contributed by atoms with Gasteiger partial charge in [0.2, 0.25) is 0 Å². The van der Waals surface area contributed by atoms with Crippen molar-refractivity contribution in [1.82, 2.24) is 5.32 Å². The Balaban J connectivity index is 2.30. The smallest absolute Gasteiger partial charge is 0.101 e. The van der Waals surface area contributed by atoms with Gasteiger partial charge in [-0.25, -0.2) is 0 Å². The number of anilines is 1. The van der Waals surface area contributed by atoms with Crippen LogP contribution >= 0.6 is 0 Å². The van der Waals surface area contributed by atoms with Gasteiger partial charge in [0, 0.05) is 13.1 Å².